The number of hydrogen-bond donors (Lipinski definition) is 2. The van der Waals surface area contributed by atoms with E-state index < -0.39 is 10.0 Å². The van der Waals surface area contributed by atoms with Gasteiger partial charge < -0.3 is 10.6 Å². The summed E-state index contributed by atoms with van der Waals surface area (Å²) in [6, 6.07) is 3.61. The second-order valence-corrected chi connectivity index (χ2v) is 8.58. The highest BCUT2D eigenvalue weighted by atomic mass is 127. The van der Waals surface area contributed by atoms with Crippen LogP contribution in [0.15, 0.2) is 21.3 Å². The molecule has 25 heavy (non-hydrogen) atoms. The molecule has 1 aromatic rings. The third kappa shape index (κ3) is 7.79. The third-order valence-corrected chi connectivity index (χ3v) is 7.10. The summed E-state index contributed by atoms with van der Waals surface area (Å²) in [6.07, 6.45) is 1.78. The number of halogens is 1. The molecule has 0 unspecified atom stereocenters. The molecule has 0 radical (unpaired) electrons. The average Bonchev–Trinajstić information content (AvgIpc) is 3.03. The van der Waals surface area contributed by atoms with Gasteiger partial charge in [-0.15, -0.1) is 35.3 Å². The Morgan fingerprint density at radius 2 is 1.84 bits per heavy atom. The van der Waals surface area contributed by atoms with Crippen LogP contribution in [0.3, 0.4) is 0 Å². The fourth-order valence-corrected chi connectivity index (χ4v) is 5.16. The smallest absolute Gasteiger partial charge is 0.252 e. The molecule has 0 saturated heterocycles. The van der Waals surface area contributed by atoms with Gasteiger partial charge in [0.2, 0.25) is 0 Å². The van der Waals surface area contributed by atoms with Gasteiger partial charge in [0.25, 0.3) is 10.0 Å². The largest absolute Gasteiger partial charge is 0.357 e. The summed E-state index contributed by atoms with van der Waals surface area (Å²) in [4.78, 5) is 5.50. The maximum Gasteiger partial charge on any atom is 0.252 e. The molecule has 0 spiro atoms. The van der Waals surface area contributed by atoms with E-state index in [1.165, 1.54) is 15.6 Å². The van der Waals surface area contributed by atoms with Gasteiger partial charge in [-0.05, 0) is 31.9 Å². The first-order valence-corrected chi connectivity index (χ1v) is 10.9. The number of guanidine groups is 1. The van der Waals surface area contributed by atoms with Crippen molar-refractivity contribution in [2.24, 2.45) is 4.99 Å². The number of thiophene rings is 1. The molecule has 6 nitrogen and oxygen atoms in total. The predicted octanol–water partition coefficient (Wildman–Crippen LogP) is 2.90. The van der Waals surface area contributed by atoms with Gasteiger partial charge in [-0.2, -0.15) is 4.31 Å². The highest BCUT2D eigenvalue weighted by Crippen LogP contribution is 2.25. The molecule has 0 aromatic carbocycles. The van der Waals surface area contributed by atoms with Crippen molar-refractivity contribution in [2.75, 3.05) is 32.7 Å². The van der Waals surface area contributed by atoms with Crippen LogP contribution in [-0.4, -0.2) is 51.4 Å². The minimum Gasteiger partial charge on any atom is -0.357 e. The Labute approximate surface area is 173 Å². The van der Waals surface area contributed by atoms with Crippen molar-refractivity contribution in [3.63, 3.8) is 0 Å². The summed E-state index contributed by atoms with van der Waals surface area (Å²) in [5.41, 5.74) is 0. The fraction of sp³-hybridized carbons (Fsp3) is 0.688. The summed E-state index contributed by atoms with van der Waals surface area (Å²) in [5.74, 6) is 0.812. The molecule has 9 heteroatoms. The Balaban J connectivity index is 0.00000576. The Kier molecular flexibility index (Phi) is 12.7. The zero-order valence-electron chi connectivity index (χ0n) is 15.5. The van der Waals surface area contributed by atoms with Crippen LogP contribution >= 0.6 is 35.3 Å². The van der Waals surface area contributed by atoms with Crippen molar-refractivity contribution in [3.8, 4) is 0 Å². The first kappa shape index (κ1) is 24.6. The van der Waals surface area contributed by atoms with E-state index in [4.69, 9.17) is 0 Å². The van der Waals surface area contributed by atoms with Crippen LogP contribution in [0.4, 0.5) is 0 Å². The molecule has 0 aliphatic rings. The van der Waals surface area contributed by atoms with Crippen LogP contribution in [0.5, 0.6) is 0 Å². The molecule has 0 fully saturated rings. The van der Waals surface area contributed by atoms with E-state index in [9.17, 15) is 8.42 Å². The highest BCUT2D eigenvalue weighted by molar-refractivity contribution is 14.0. The summed E-state index contributed by atoms with van der Waals surface area (Å²) in [6.45, 7) is 11.2. The molecule has 0 atom stereocenters. The Morgan fingerprint density at radius 1 is 1.16 bits per heavy atom. The molecular formula is C16H31IN4O2S2. The quantitative estimate of drug-likeness (QED) is 0.293. The summed E-state index contributed by atoms with van der Waals surface area (Å²) < 4.78 is 26.9. The Morgan fingerprint density at radius 3 is 2.40 bits per heavy atom. The van der Waals surface area contributed by atoms with Crippen molar-refractivity contribution in [1.82, 2.24) is 14.9 Å². The van der Waals surface area contributed by atoms with Gasteiger partial charge in [0, 0.05) is 37.6 Å². The normalized spacial score (nSPS) is 12.1. The van der Waals surface area contributed by atoms with Gasteiger partial charge in [-0.1, -0.05) is 20.8 Å². The minimum atomic E-state index is -3.35. The van der Waals surface area contributed by atoms with Crippen molar-refractivity contribution in [1.29, 1.82) is 0 Å². The molecule has 0 aliphatic carbocycles. The predicted molar refractivity (Wildman–Crippen MR) is 118 cm³/mol. The topological polar surface area (TPSA) is 73.8 Å². The molecule has 1 rings (SSSR count). The number of rotatable bonds is 10. The number of nitrogens with zero attached hydrogens (tertiary/aromatic N) is 2. The van der Waals surface area contributed by atoms with E-state index in [2.05, 4.69) is 22.5 Å². The van der Waals surface area contributed by atoms with E-state index >= 15 is 0 Å². The van der Waals surface area contributed by atoms with Gasteiger partial charge in [-0.3, -0.25) is 4.99 Å². The Hall–Kier alpha value is -0.390. The van der Waals surface area contributed by atoms with Crippen LogP contribution in [0.1, 0.15) is 39.0 Å². The van der Waals surface area contributed by atoms with E-state index in [1.54, 1.807) is 6.07 Å². The SMILES string of the molecule is CCCN=C(NCC)NCCc1ccc(S(=O)(=O)N(CC)CC)s1.I. The van der Waals surface area contributed by atoms with E-state index in [0.717, 1.165) is 43.3 Å². The maximum absolute atomic E-state index is 12.5. The van der Waals surface area contributed by atoms with Crippen LogP contribution in [-0.2, 0) is 16.4 Å². The second-order valence-electron chi connectivity index (χ2n) is 5.25. The molecule has 0 aliphatic heterocycles. The zero-order valence-corrected chi connectivity index (χ0v) is 19.5. The monoisotopic (exact) mass is 502 g/mol. The highest BCUT2D eigenvalue weighted by Gasteiger charge is 2.23. The van der Waals surface area contributed by atoms with Crippen LogP contribution < -0.4 is 10.6 Å². The lowest BCUT2D eigenvalue weighted by molar-refractivity contribution is 0.447. The minimum absolute atomic E-state index is 0. The standard InChI is InChI=1S/C16H30N4O2S2.HI/c1-5-12-18-16(17-6-2)19-13-11-14-9-10-15(23-14)24(21,22)20(7-3)8-4;/h9-10H,5-8,11-13H2,1-4H3,(H2,17,18,19);1H. The van der Waals surface area contributed by atoms with Gasteiger partial charge in [0.05, 0.1) is 0 Å². The third-order valence-electron chi connectivity index (χ3n) is 3.44. The molecule has 2 N–H and O–H groups in total. The van der Waals surface area contributed by atoms with Gasteiger partial charge in [-0.25, -0.2) is 8.42 Å². The molecular weight excluding hydrogens is 471 g/mol. The fourth-order valence-electron chi connectivity index (χ4n) is 2.19. The van der Waals surface area contributed by atoms with Crippen LogP contribution in [0.25, 0.3) is 0 Å². The molecule has 146 valence electrons. The molecule has 1 aromatic heterocycles. The molecule has 0 bridgehead atoms. The van der Waals surface area contributed by atoms with Crippen LogP contribution in [0.2, 0.25) is 0 Å². The molecule has 1 heterocycles. The van der Waals surface area contributed by atoms with E-state index in [0.29, 0.717) is 17.3 Å². The molecule has 0 saturated carbocycles. The summed E-state index contributed by atoms with van der Waals surface area (Å²) in [5, 5.41) is 6.49. The average molecular weight is 502 g/mol. The summed E-state index contributed by atoms with van der Waals surface area (Å²) in [7, 11) is -3.35. The van der Waals surface area contributed by atoms with Gasteiger partial charge in [0.15, 0.2) is 5.96 Å². The second kappa shape index (κ2) is 12.9. The van der Waals surface area contributed by atoms with Crippen molar-refractivity contribution >= 4 is 51.3 Å². The number of sulfonamides is 1. The van der Waals surface area contributed by atoms with Crippen LogP contribution in [0, 0.1) is 0 Å². The van der Waals surface area contributed by atoms with Crippen molar-refractivity contribution < 1.29 is 8.42 Å². The molecule has 0 amide bonds. The lowest BCUT2D eigenvalue weighted by atomic mass is 10.3. The van der Waals surface area contributed by atoms with E-state index in [1.807, 2.05) is 26.8 Å². The first-order valence-electron chi connectivity index (χ1n) is 8.60. The maximum atomic E-state index is 12.5. The number of aliphatic imine (C=N–C) groups is 1. The van der Waals surface area contributed by atoms with Gasteiger partial charge >= 0.3 is 0 Å². The van der Waals surface area contributed by atoms with Crippen molar-refractivity contribution in [3.05, 3.63) is 17.0 Å². The first-order chi connectivity index (χ1) is 11.5. The summed E-state index contributed by atoms with van der Waals surface area (Å²) >= 11 is 1.35. The lowest BCUT2D eigenvalue weighted by Crippen LogP contribution is -2.38. The van der Waals surface area contributed by atoms with E-state index in [-0.39, 0.29) is 24.0 Å². The number of hydrogen-bond acceptors (Lipinski definition) is 4. The number of nitrogens with one attached hydrogen (secondary N) is 2. The van der Waals surface area contributed by atoms with Gasteiger partial charge in [0.1, 0.15) is 4.21 Å². The Bertz CT molecular complexity index is 613. The lowest BCUT2D eigenvalue weighted by Gasteiger charge is -2.16. The zero-order chi connectivity index (χ0) is 18.0. The van der Waals surface area contributed by atoms with Crippen molar-refractivity contribution in [2.45, 2.75) is 44.7 Å².